The molecular weight excluding hydrogens is 336 g/mol. The maximum absolute atomic E-state index is 13.0. The number of hydrogen-bond donors (Lipinski definition) is 1. The zero-order valence-electron chi connectivity index (χ0n) is 15.6. The Labute approximate surface area is 154 Å². The van der Waals surface area contributed by atoms with Crippen molar-refractivity contribution in [2.45, 2.75) is 45.6 Å². The molecule has 0 saturated carbocycles. The quantitative estimate of drug-likeness (QED) is 0.763. The molecule has 0 bridgehead atoms. The topological polar surface area (TPSA) is 87.2 Å². The highest BCUT2D eigenvalue weighted by Crippen LogP contribution is 2.35. The third-order valence-electron chi connectivity index (χ3n) is 6.01. The molecular formula is C19H28N2O5. The maximum atomic E-state index is 13.0. The van der Waals surface area contributed by atoms with E-state index in [0.717, 1.165) is 24.0 Å². The van der Waals surface area contributed by atoms with Crippen LogP contribution in [0.2, 0.25) is 0 Å². The van der Waals surface area contributed by atoms with Crippen LogP contribution in [0.4, 0.5) is 0 Å². The SMILES string of the molecule is CC1=C(C)C[C@@H](C(=O)N2CCN(C(=O)[C@H]3CCCO3)CC2)[C@@H](C(=O)O)C1. The highest BCUT2D eigenvalue weighted by atomic mass is 16.5. The Hall–Kier alpha value is -1.89. The second kappa shape index (κ2) is 7.78. The Kier molecular flexibility index (Phi) is 5.65. The molecule has 0 aromatic carbocycles. The van der Waals surface area contributed by atoms with Crippen molar-refractivity contribution in [3.63, 3.8) is 0 Å². The van der Waals surface area contributed by atoms with Crippen molar-refractivity contribution < 1.29 is 24.2 Å². The van der Waals surface area contributed by atoms with Gasteiger partial charge in [0.2, 0.25) is 5.91 Å². The van der Waals surface area contributed by atoms with Crippen LogP contribution in [0.3, 0.4) is 0 Å². The number of carboxylic acids is 1. The normalized spacial score (nSPS) is 29.8. The van der Waals surface area contributed by atoms with Gasteiger partial charge in [-0.15, -0.1) is 0 Å². The molecule has 26 heavy (non-hydrogen) atoms. The van der Waals surface area contributed by atoms with Crippen molar-refractivity contribution >= 4 is 17.8 Å². The smallest absolute Gasteiger partial charge is 0.307 e. The average molecular weight is 364 g/mol. The standard InChI is InChI=1S/C19H28N2O5/c1-12-10-14(15(19(24)25)11-13(12)2)17(22)20-5-7-21(8-6-20)18(23)16-4-3-9-26-16/h14-16H,3-11H2,1-2H3,(H,24,25)/t14-,15+,16-/m1/s1. The van der Waals surface area contributed by atoms with Crippen molar-refractivity contribution in [1.82, 2.24) is 9.80 Å². The van der Waals surface area contributed by atoms with Crippen molar-refractivity contribution in [2.75, 3.05) is 32.8 Å². The Balaban J connectivity index is 1.60. The molecule has 0 spiro atoms. The molecule has 2 aliphatic heterocycles. The highest BCUT2D eigenvalue weighted by Gasteiger charge is 2.40. The van der Waals surface area contributed by atoms with Gasteiger partial charge in [-0.05, 0) is 39.5 Å². The van der Waals surface area contributed by atoms with Crippen LogP contribution in [0.15, 0.2) is 11.1 Å². The molecule has 2 heterocycles. The molecule has 7 heteroatoms. The van der Waals surface area contributed by atoms with E-state index in [1.807, 2.05) is 13.8 Å². The summed E-state index contributed by atoms with van der Waals surface area (Å²) < 4.78 is 5.46. The molecule has 3 aliphatic rings. The average Bonchev–Trinajstić information content (AvgIpc) is 3.17. The Morgan fingerprint density at radius 3 is 1.96 bits per heavy atom. The van der Waals surface area contributed by atoms with Gasteiger partial charge in [0.15, 0.2) is 0 Å². The molecule has 2 amide bonds. The summed E-state index contributed by atoms with van der Waals surface area (Å²) in [5.41, 5.74) is 2.20. The number of piperazine rings is 1. The molecule has 144 valence electrons. The molecule has 3 rings (SSSR count). The van der Waals surface area contributed by atoms with Crippen LogP contribution < -0.4 is 0 Å². The number of carbonyl (C=O) groups excluding carboxylic acids is 2. The first-order valence-electron chi connectivity index (χ1n) is 9.45. The van der Waals surface area contributed by atoms with Crippen LogP contribution in [0.5, 0.6) is 0 Å². The Morgan fingerprint density at radius 1 is 0.923 bits per heavy atom. The van der Waals surface area contributed by atoms with E-state index < -0.39 is 17.8 Å². The predicted octanol–water partition coefficient (Wildman–Crippen LogP) is 1.28. The molecule has 7 nitrogen and oxygen atoms in total. The second-order valence-electron chi connectivity index (χ2n) is 7.67. The lowest BCUT2D eigenvalue weighted by molar-refractivity contribution is -0.153. The molecule has 0 aromatic heterocycles. The van der Waals surface area contributed by atoms with E-state index in [1.165, 1.54) is 0 Å². The van der Waals surface area contributed by atoms with E-state index in [0.29, 0.717) is 45.6 Å². The lowest BCUT2D eigenvalue weighted by atomic mass is 9.76. The lowest BCUT2D eigenvalue weighted by Gasteiger charge is -2.39. The molecule has 2 fully saturated rings. The lowest BCUT2D eigenvalue weighted by Crippen LogP contribution is -2.55. The van der Waals surface area contributed by atoms with Crippen molar-refractivity contribution in [2.24, 2.45) is 11.8 Å². The fourth-order valence-corrected chi connectivity index (χ4v) is 4.17. The highest BCUT2D eigenvalue weighted by molar-refractivity contribution is 5.86. The summed E-state index contributed by atoms with van der Waals surface area (Å²) in [5, 5.41) is 9.54. The van der Waals surface area contributed by atoms with E-state index in [1.54, 1.807) is 9.80 Å². The number of aliphatic carboxylic acids is 1. The molecule has 0 unspecified atom stereocenters. The number of hydrogen-bond acceptors (Lipinski definition) is 4. The summed E-state index contributed by atoms with van der Waals surface area (Å²) in [6.45, 7) is 6.46. The zero-order chi connectivity index (χ0) is 18.8. The number of carboxylic acid groups (broad SMARTS) is 1. The van der Waals surface area contributed by atoms with Crippen LogP contribution in [0, 0.1) is 11.8 Å². The monoisotopic (exact) mass is 364 g/mol. The third-order valence-corrected chi connectivity index (χ3v) is 6.01. The third kappa shape index (κ3) is 3.77. The van der Waals surface area contributed by atoms with Crippen molar-refractivity contribution in [3.8, 4) is 0 Å². The first-order valence-corrected chi connectivity index (χ1v) is 9.45. The minimum atomic E-state index is -0.901. The maximum Gasteiger partial charge on any atom is 0.307 e. The minimum Gasteiger partial charge on any atom is -0.481 e. The largest absolute Gasteiger partial charge is 0.481 e. The van der Waals surface area contributed by atoms with Crippen LogP contribution >= 0.6 is 0 Å². The van der Waals surface area contributed by atoms with Gasteiger partial charge in [-0.3, -0.25) is 14.4 Å². The molecule has 1 aliphatic carbocycles. The van der Waals surface area contributed by atoms with Crippen LogP contribution in [0.1, 0.15) is 39.5 Å². The van der Waals surface area contributed by atoms with E-state index in [9.17, 15) is 19.5 Å². The number of nitrogens with zero attached hydrogens (tertiary/aromatic N) is 2. The minimum absolute atomic E-state index is 0.0186. The van der Waals surface area contributed by atoms with E-state index in [2.05, 4.69) is 0 Å². The van der Waals surface area contributed by atoms with Crippen LogP contribution in [-0.4, -0.2) is 71.6 Å². The number of amides is 2. The van der Waals surface area contributed by atoms with Gasteiger partial charge in [-0.2, -0.15) is 0 Å². The van der Waals surface area contributed by atoms with E-state index in [4.69, 9.17) is 4.74 Å². The molecule has 0 aromatic rings. The summed E-state index contributed by atoms with van der Waals surface area (Å²) >= 11 is 0. The first kappa shape index (κ1) is 18.9. The summed E-state index contributed by atoms with van der Waals surface area (Å²) in [6.07, 6.45) is 2.30. The number of ether oxygens (including phenoxy) is 1. The Bertz CT molecular complexity index is 615. The van der Waals surface area contributed by atoms with Gasteiger partial charge >= 0.3 is 5.97 Å². The van der Waals surface area contributed by atoms with Crippen molar-refractivity contribution in [1.29, 1.82) is 0 Å². The van der Waals surface area contributed by atoms with Gasteiger partial charge in [-0.1, -0.05) is 11.1 Å². The van der Waals surface area contributed by atoms with E-state index >= 15 is 0 Å². The van der Waals surface area contributed by atoms with Gasteiger partial charge in [0.25, 0.3) is 5.91 Å². The van der Waals surface area contributed by atoms with Crippen LogP contribution in [-0.2, 0) is 19.1 Å². The summed E-state index contributed by atoms with van der Waals surface area (Å²) in [6, 6.07) is 0. The summed E-state index contributed by atoms with van der Waals surface area (Å²) in [7, 11) is 0. The molecule has 2 saturated heterocycles. The fraction of sp³-hybridized carbons (Fsp3) is 0.737. The van der Waals surface area contributed by atoms with E-state index in [-0.39, 0.29) is 17.9 Å². The second-order valence-corrected chi connectivity index (χ2v) is 7.67. The molecule has 0 radical (unpaired) electrons. The first-order chi connectivity index (χ1) is 12.4. The van der Waals surface area contributed by atoms with Gasteiger partial charge in [0.05, 0.1) is 11.8 Å². The van der Waals surface area contributed by atoms with Gasteiger partial charge in [-0.25, -0.2) is 0 Å². The predicted molar refractivity (Wildman–Crippen MR) is 94.4 cm³/mol. The van der Waals surface area contributed by atoms with Crippen molar-refractivity contribution in [3.05, 3.63) is 11.1 Å². The zero-order valence-corrected chi connectivity index (χ0v) is 15.6. The Morgan fingerprint density at radius 2 is 1.46 bits per heavy atom. The molecule has 3 atom stereocenters. The molecule has 1 N–H and O–H groups in total. The van der Waals surface area contributed by atoms with Gasteiger partial charge in [0, 0.05) is 32.8 Å². The van der Waals surface area contributed by atoms with Gasteiger partial charge in [0.1, 0.15) is 6.10 Å². The number of carbonyl (C=O) groups is 3. The number of rotatable bonds is 3. The summed E-state index contributed by atoms with van der Waals surface area (Å²) in [4.78, 5) is 40.5. The van der Waals surface area contributed by atoms with Gasteiger partial charge < -0.3 is 19.6 Å². The summed E-state index contributed by atoms with van der Waals surface area (Å²) in [5.74, 6) is -2.13. The fourth-order valence-electron chi connectivity index (χ4n) is 4.17. The number of allylic oxidation sites excluding steroid dienone is 2. The van der Waals surface area contributed by atoms with Crippen LogP contribution in [0.25, 0.3) is 0 Å².